The van der Waals surface area contributed by atoms with Gasteiger partial charge in [-0.1, -0.05) is 17.7 Å². The van der Waals surface area contributed by atoms with Crippen molar-refractivity contribution in [3.63, 3.8) is 0 Å². The molecule has 124 valence electrons. The summed E-state index contributed by atoms with van der Waals surface area (Å²) in [4.78, 5) is 26.8. The van der Waals surface area contributed by atoms with Gasteiger partial charge in [-0.15, -0.1) is 0 Å². The second-order valence-electron chi connectivity index (χ2n) is 6.40. The van der Waals surface area contributed by atoms with Gasteiger partial charge >= 0.3 is 0 Å². The van der Waals surface area contributed by atoms with Crippen LogP contribution in [0.15, 0.2) is 16.9 Å². The first-order valence-corrected chi connectivity index (χ1v) is 7.98. The van der Waals surface area contributed by atoms with Crippen molar-refractivity contribution in [2.24, 2.45) is 0 Å². The number of nitrogens with zero attached hydrogens (tertiary/aromatic N) is 2. The van der Waals surface area contributed by atoms with E-state index >= 15 is 0 Å². The molecule has 0 atom stereocenters. The van der Waals surface area contributed by atoms with Crippen molar-refractivity contribution < 1.29 is 4.79 Å². The molecule has 0 spiro atoms. The first-order chi connectivity index (χ1) is 11.3. The van der Waals surface area contributed by atoms with Gasteiger partial charge in [0.05, 0.1) is 5.69 Å². The summed E-state index contributed by atoms with van der Waals surface area (Å²) in [6, 6.07) is 4.27. The Bertz CT molecular complexity index is 1000. The summed E-state index contributed by atoms with van der Waals surface area (Å²) in [6.07, 6.45) is 0.836. The molecule has 3 aromatic rings. The van der Waals surface area contributed by atoms with E-state index in [1.54, 1.807) is 0 Å². The van der Waals surface area contributed by atoms with E-state index in [0.717, 1.165) is 34.2 Å². The van der Waals surface area contributed by atoms with Crippen LogP contribution in [0.25, 0.3) is 16.8 Å². The molecule has 1 aromatic carbocycles. The number of hydrogen-bond donors (Lipinski definition) is 1. The summed E-state index contributed by atoms with van der Waals surface area (Å²) in [5.74, 6) is 0. The highest BCUT2D eigenvalue weighted by Gasteiger charge is 2.20. The van der Waals surface area contributed by atoms with Crippen LogP contribution < -0.4 is 5.56 Å². The average molecular weight is 323 g/mol. The minimum absolute atomic E-state index is 0.0912. The fraction of sp³-hybridized carbons (Fsp3) is 0.316. The summed E-state index contributed by atoms with van der Waals surface area (Å²) < 4.78 is 1.38. The highest BCUT2D eigenvalue weighted by Crippen LogP contribution is 2.33. The number of H-pyrrole nitrogens is 1. The van der Waals surface area contributed by atoms with Gasteiger partial charge in [0.2, 0.25) is 0 Å². The highest BCUT2D eigenvalue weighted by atomic mass is 16.1. The van der Waals surface area contributed by atoms with Crippen LogP contribution >= 0.6 is 0 Å². The molecule has 0 radical (unpaired) electrons. The predicted octanol–water partition coefficient (Wildman–Crippen LogP) is 2.97. The van der Waals surface area contributed by atoms with Crippen LogP contribution in [0.2, 0.25) is 0 Å². The Morgan fingerprint density at radius 2 is 1.71 bits per heavy atom. The maximum atomic E-state index is 12.7. The lowest BCUT2D eigenvalue weighted by atomic mass is 9.94. The number of aldehydes is 1. The lowest BCUT2D eigenvalue weighted by molar-refractivity contribution is -0.107. The fourth-order valence-electron chi connectivity index (χ4n) is 3.53. The van der Waals surface area contributed by atoms with Crippen LogP contribution in [0.1, 0.15) is 33.6 Å². The molecule has 0 aliphatic carbocycles. The molecule has 0 saturated carbocycles. The molecule has 0 fully saturated rings. The Hall–Kier alpha value is -2.69. The number of aromatic amines is 1. The van der Waals surface area contributed by atoms with Gasteiger partial charge in [-0.05, 0) is 51.3 Å². The minimum atomic E-state index is -0.231. The number of nitrogens with one attached hydrogen (secondary N) is 1. The normalized spacial score (nSPS) is 11.2. The van der Waals surface area contributed by atoms with E-state index < -0.39 is 0 Å². The van der Waals surface area contributed by atoms with Crippen LogP contribution in [-0.2, 0) is 11.2 Å². The highest BCUT2D eigenvalue weighted by molar-refractivity contribution is 5.84. The lowest BCUT2D eigenvalue weighted by Gasteiger charge is -2.12. The Morgan fingerprint density at radius 1 is 1.08 bits per heavy atom. The summed E-state index contributed by atoms with van der Waals surface area (Å²) in [5, 5.41) is 4.43. The van der Waals surface area contributed by atoms with Gasteiger partial charge in [0.25, 0.3) is 5.56 Å². The first-order valence-electron chi connectivity index (χ1n) is 7.98. The van der Waals surface area contributed by atoms with Crippen molar-refractivity contribution in [1.82, 2.24) is 14.6 Å². The number of carbonyl (C=O) groups excluding carboxylic acids is 1. The third kappa shape index (κ3) is 2.37. The van der Waals surface area contributed by atoms with Gasteiger partial charge in [0.15, 0.2) is 0 Å². The van der Waals surface area contributed by atoms with Gasteiger partial charge in [0.1, 0.15) is 11.9 Å². The maximum Gasteiger partial charge on any atom is 0.278 e. The van der Waals surface area contributed by atoms with Gasteiger partial charge in [-0.3, -0.25) is 4.79 Å². The predicted molar refractivity (Wildman–Crippen MR) is 94.7 cm³/mol. The zero-order valence-corrected chi connectivity index (χ0v) is 14.7. The standard InChI is InChI=1S/C19H21N3O2/c1-10-8-11(2)16(12(3)9-10)17-14(5)21-22-18(17)20-13(4)15(6-7-23)19(22)24/h7-9,20H,6H2,1-5H3. The molecule has 2 heterocycles. The maximum absolute atomic E-state index is 12.7. The number of fused-ring (bicyclic) bond motifs is 1. The second kappa shape index (κ2) is 5.74. The van der Waals surface area contributed by atoms with Crippen molar-refractivity contribution in [2.45, 2.75) is 41.0 Å². The largest absolute Gasteiger partial charge is 0.343 e. The van der Waals surface area contributed by atoms with E-state index in [1.165, 1.54) is 10.1 Å². The van der Waals surface area contributed by atoms with Gasteiger partial charge in [-0.25, -0.2) is 0 Å². The molecule has 0 bridgehead atoms. The fourth-order valence-corrected chi connectivity index (χ4v) is 3.53. The minimum Gasteiger partial charge on any atom is -0.343 e. The Kier molecular flexibility index (Phi) is 3.87. The Labute approximate surface area is 140 Å². The topological polar surface area (TPSA) is 67.2 Å². The van der Waals surface area contributed by atoms with Crippen molar-refractivity contribution in [1.29, 1.82) is 0 Å². The zero-order chi connectivity index (χ0) is 17.6. The molecule has 24 heavy (non-hydrogen) atoms. The van der Waals surface area contributed by atoms with Crippen molar-refractivity contribution in [3.05, 3.63) is 56.1 Å². The van der Waals surface area contributed by atoms with Crippen LogP contribution in [0.5, 0.6) is 0 Å². The van der Waals surface area contributed by atoms with Crippen molar-refractivity contribution >= 4 is 11.9 Å². The zero-order valence-electron chi connectivity index (χ0n) is 14.7. The van der Waals surface area contributed by atoms with E-state index in [9.17, 15) is 9.59 Å². The second-order valence-corrected chi connectivity index (χ2v) is 6.40. The van der Waals surface area contributed by atoms with E-state index in [2.05, 4.69) is 43.0 Å². The molecule has 0 unspecified atom stereocenters. The number of hydrogen-bond acceptors (Lipinski definition) is 3. The Balaban J connectivity index is 2.42. The third-order valence-corrected chi connectivity index (χ3v) is 4.48. The van der Waals surface area contributed by atoms with Crippen LogP contribution in [0.3, 0.4) is 0 Å². The number of carbonyl (C=O) groups is 1. The first kappa shape index (κ1) is 16.2. The summed E-state index contributed by atoms with van der Waals surface area (Å²) >= 11 is 0. The number of rotatable bonds is 3. The Morgan fingerprint density at radius 3 is 2.29 bits per heavy atom. The van der Waals surface area contributed by atoms with Crippen LogP contribution in [-0.4, -0.2) is 20.9 Å². The average Bonchev–Trinajstić information content (AvgIpc) is 2.80. The molecule has 0 aliphatic rings. The smallest absolute Gasteiger partial charge is 0.278 e. The van der Waals surface area contributed by atoms with Crippen molar-refractivity contribution in [2.75, 3.05) is 0 Å². The molecule has 3 rings (SSSR count). The molecule has 0 aliphatic heterocycles. The van der Waals surface area contributed by atoms with Gasteiger partial charge in [0, 0.05) is 23.2 Å². The van der Waals surface area contributed by atoms with E-state index in [-0.39, 0.29) is 12.0 Å². The quantitative estimate of drug-likeness (QED) is 0.754. The monoisotopic (exact) mass is 323 g/mol. The lowest BCUT2D eigenvalue weighted by Crippen LogP contribution is -2.22. The SMILES string of the molecule is Cc1cc(C)c(-c2c(C)nn3c(=O)c(CC=O)c(C)[nH]c23)c(C)c1. The van der Waals surface area contributed by atoms with E-state index in [4.69, 9.17) is 0 Å². The van der Waals surface area contributed by atoms with E-state index in [1.807, 2.05) is 13.8 Å². The summed E-state index contributed by atoms with van der Waals surface area (Å²) in [7, 11) is 0. The molecule has 0 amide bonds. The number of benzene rings is 1. The third-order valence-electron chi connectivity index (χ3n) is 4.48. The van der Waals surface area contributed by atoms with Crippen LogP contribution in [0.4, 0.5) is 0 Å². The molecule has 2 aromatic heterocycles. The molecule has 5 heteroatoms. The van der Waals surface area contributed by atoms with Crippen molar-refractivity contribution in [3.8, 4) is 11.1 Å². The van der Waals surface area contributed by atoms with Gasteiger partial charge in [-0.2, -0.15) is 9.61 Å². The molecular formula is C19H21N3O2. The molecule has 5 nitrogen and oxygen atoms in total. The molecule has 1 N–H and O–H groups in total. The van der Waals surface area contributed by atoms with Crippen LogP contribution in [0, 0.1) is 34.6 Å². The summed E-state index contributed by atoms with van der Waals surface area (Å²) in [6.45, 7) is 9.95. The summed E-state index contributed by atoms with van der Waals surface area (Å²) in [5.41, 5.74) is 7.98. The molecule has 0 saturated heterocycles. The number of aromatic nitrogens is 3. The number of aryl methyl sites for hydroxylation is 5. The van der Waals surface area contributed by atoms with Gasteiger partial charge < -0.3 is 9.78 Å². The van der Waals surface area contributed by atoms with E-state index in [0.29, 0.717) is 16.9 Å². The molecular weight excluding hydrogens is 302 g/mol.